The van der Waals surface area contributed by atoms with Gasteiger partial charge in [-0.3, -0.25) is 9.59 Å². The highest BCUT2D eigenvalue weighted by atomic mass is 19.1. The number of aromatic nitrogens is 1. The monoisotopic (exact) mass is 445 g/mol. The molecule has 6 rings (SSSR count). The number of carbonyl (C=O) groups excluding carboxylic acids is 2. The Balaban J connectivity index is 1.07. The van der Waals surface area contributed by atoms with Crippen molar-refractivity contribution >= 4 is 22.7 Å². The van der Waals surface area contributed by atoms with Crippen LogP contribution >= 0.6 is 0 Å². The van der Waals surface area contributed by atoms with Gasteiger partial charge in [0.05, 0.1) is 0 Å². The number of hydrogen-bond acceptors (Lipinski definition) is 2. The van der Waals surface area contributed by atoms with Crippen LogP contribution in [0.1, 0.15) is 52.9 Å². The largest absolute Gasteiger partial charge is 0.358 e. The van der Waals surface area contributed by atoms with Crippen molar-refractivity contribution in [1.29, 1.82) is 0 Å². The molecular weight excluding hydrogens is 417 g/mol. The van der Waals surface area contributed by atoms with Gasteiger partial charge in [0.1, 0.15) is 5.82 Å². The number of fused-ring (bicyclic) bond motifs is 4. The Kier molecular flexibility index (Phi) is 4.97. The lowest BCUT2D eigenvalue weighted by Gasteiger charge is -2.35. The molecule has 3 aliphatic rings. The Morgan fingerprint density at radius 1 is 1.06 bits per heavy atom. The van der Waals surface area contributed by atoms with Gasteiger partial charge >= 0.3 is 0 Å². The summed E-state index contributed by atoms with van der Waals surface area (Å²) in [6.07, 6.45) is 4.50. The van der Waals surface area contributed by atoms with Crippen molar-refractivity contribution in [2.24, 2.45) is 11.8 Å². The smallest absolute Gasteiger partial charge is 0.254 e. The molecule has 2 amide bonds. The number of carbonyl (C=O) groups is 2. The molecule has 1 saturated carbocycles. The second-order valence-corrected chi connectivity index (χ2v) is 9.84. The highest BCUT2D eigenvalue weighted by Crippen LogP contribution is 2.35. The maximum absolute atomic E-state index is 13.8. The fraction of sp³-hybridized carbons (Fsp3) is 0.407. The van der Waals surface area contributed by atoms with Crippen LogP contribution in [-0.4, -0.2) is 39.7 Å². The SMILES string of the molecule is O=C1c2ccccc2CN1CC1CCC(C(=O)N2CCc3[nH]c4ccc(F)cc4c3C2)CC1. The number of hydrogen-bond donors (Lipinski definition) is 1. The Morgan fingerprint density at radius 3 is 2.70 bits per heavy atom. The summed E-state index contributed by atoms with van der Waals surface area (Å²) in [6.45, 7) is 2.75. The summed E-state index contributed by atoms with van der Waals surface area (Å²) in [7, 11) is 0. The molecule has 0 bridgehead atoms. The van der Waals surface area contributed by atoms with Crippen LogP contribution in [0.25, 0.3) is 10.9 Å². The van der Waals surface area contributed by atoms with Crippen LogP contribution in [0.2, 0.25) is 0 Å². The zero-order valence-electron chi connectivity index (χ0n) is 18.6. The molecule has 1 aliphatic carbocycles. The topological polar surface area (TPSA) is 56.4 Å². The second kappa shape index (κ2) is 8.01. The lowest BCUT2D eigenvalue weighted by molar-refractivity contribution is -0.137. The predicted molar refractivity (Wildman–Crippen MR) is 124 cm³/mol. The van der Waals surface area contributed by atoms with E-state index in [0.717, 1.165) is 71.9 Å². The molecule has 0 spiro atoms. The average molecular weight is 446 g/mol. The molecule has 170 valence electrons. The molecule has 3 heterocycles. The summed E-state index contributed by atoms with van der Waals surface area (Å²) in [5, 5.41) is 0.891. The molecule has 1 fully saturated rings. The van der Waals surface area contributed by atoms with Gasteiger partial charge in [-0.15, -0.1) is 0 Å². The van der Waals surface area contributed by atoms with E-state index in [0.29, 0.717) is 25.6 Å². The first-order chi connectivity index (χ1) is 16.1. The zero-order valence-corrected chi connectivity index (χ0v) is 18.6. The van der Waals surface area contributed by atoms with Crippen molar-refractivity contribution in [3.05, 3.63) is 70.7 Å². The molecule has 1 N–H and O–H groups in total. The Morgan fingerprint density at radius 2 is 1.88 bits per heavy atom. The molecule has 0 saturated heterocycles. The number of amides is 2. The van der Waals surface area contributed by atoms with E-state index in [2.05, 4.69) is 4.98 Å². The normalized spacial score (nSPS) is 22.5. The molecule has 0 radical (unpaired) electrons. The Bertz CT molecular complexity index is 1240. The molecule has 5 nitrogen and oxygen atoms in total. The lowest BCUT2D eigenvalue weighted by Crippen LogP contribution is -2.41. The molecular formula is C27H28FN3O2. The van der Waals surface area contributed by atoms with E-state index in [4.69, 9.17) is 0 Å². The molecule has 3 aromatic rings. The number of H-pyrrole nitrogens is 1. The van der Waals surface area contributed by atoms with Crippen LogP contribution in [0.15, 0.2) is 42.5 Å². The van der Waals surface area contributed by atoms with E-state index < -0.39 is 0 Å². The van der Waals surface area contributed by atoms with Crippen molar-refractivity contribution < 1.29 is 14.0 Å². The van der Waals surface area contributed by atoms with Crippen molar-refractivity contribution in [1.82, 2.24) is 14.8 Å². The van der Waals surface area contributed by atoms with Crippen molar-refractivity contribution in [3.63, 3.8) is 0 Å². The zero-order chi connectivity index (χ0) is 22.5. The van der Waals surface area contributed by atoms with E-state index in [1.165, 1.54) is 6.07 Å². The van der Waals surface area contributed by atoms with Gasteiger partial charge in [-0.25, -0.2) is 4.39 Å². The minimum absolute atomic E-state index is 0.0521. The van der Waals surface area contributed by atoms with Gasteiger partial charge in [0.25, 0.3) is 5.91 Å². The molecule has 2 aromatic carbocycles. The summed E-state index contributed by atoms with van der Waals surface area (Å²) >= 11 is 0. The molecule has 0 atom stereocenters. The summed E-state index contributed by atoms with van der Waals surface area (Å²) < 4.78 is 13.8. The van der Waals surface area contributed by atoms with Gasteiger partial charge in [-0.2, -0.15) is 0 Å². The fourth-order valence-electron chi connectivity index (χ4n) is 6.00. The van der Waals surface area contributed by atoms with Crippen molar-refractivity contribution in [3.8, 4) is 0 Å². The summed E-state index contributed by atoms with van der Waals surface area (Å²) in [5.74, 6) is 0.635. The van der Waals surface area contributed by atoms with Crippen LogP contribution < -0.4 is 0 Å². The summed E-state index contributed by atoms with van der Waals surface area (Å²) in [4.78, 5) is 33.3. The lowest BCUT2D eigenvalue weighted by atomic mass is 9.81. The first kappa shape index (κ1) is 20.5. The summed E-state index contributed by atoms with van der Waals surface area (Å²) in [6, 6.07) is 12.7. The predicted octanol–water partition coefficient (Wildman–Crippen LogP) is 4.65. The van der Waals surface area contributed by atoms with Gasteiger partial charge in [0.2, 0.25) is 5.91 Å². The Labute approximate surface area is 192 Å². The van der Waals surface area contributed by atoms with Gasteiger partial charge in [0, 0.05) is 66.2 Å². The van der Waals surface area contributed by atoms with Crippen LogP contribution in [0.4, 0.5) is 4.39 Å². The molecule has 2 aliphatic heterocycles. The fourth-order valence-corrected chi connectivity index (χ4v) is 6.00. The van der Waals surface area contributed by atoms with Crippen LogP contribution in [0.3, 0.4) is 0 Å². The van der Waals surface area contributed by atoms with E-state index in [1.54, 1.807) is 12.1 Å². The molecule has 0 unspecified atom stereocenters. The number of nitrogens with one attached hydrogen (secondary N) is 1. The van der Waals surface area contributed by atoms with Crippen LogP contribution in [-0.2, 0) is 24.3 Å². The van der Waals surface area contributed by atoms with Gasteiger partial charge in [-0.05, 0) is 61.4 Å². The highest BCUT2D eigenvalue weighted by Gasteiger charge is 2.34. The quantitative estimate of drug-likeness (QED) is 0.638. The summed E-state index contributed by atoms with van der Waals surface area (Å²) in [5.41, 5.74) is 5.08. The first-order valence-electron chi connectivity index (χ1n) is 12.0. The van der Waals surface area contributed by atoms with E-state index in [1.807, 2.05) is 34.1 Å². The third-order valence-corrected chi connectivity index (χ3v) is 7.82. The number of halogens is 1. The van der Waals surface area contributed by atoms with E-state index >= 15 is 0 Å². The Hall–Kier alpha value is -3.15. The maximum atomic E-state index is 13.8. The number of nitrogens with zero attached hydrogens (tertiary/aromatic N) is 2. The molecule has 33 heavy (non-hydrogen) atoms. The third kappa shape index (κ3) is 3.62. The van der Waals surface area contributed by atoms with Gasteiger partial charge in [0.15, 0.2) is 0 Å². The van der Waals surface area contributed by atoms with Crippen LogP contribution in [0, 0.1) is 17.7 Å². The van der Waals surface area contributed by atoms with Crippen molar-refractivity contribution in [2.45, 2.75) is 45.2 Å². The number of rotatable bonds is 3. The maximum Gasteiger partial charge on any atom is 0.254 e. The second-order valence-electron chi connectivity index (χ2n) is 9.84. The molecule has 6 heteroatoms. The minimum atomic E-state index is -0.245. The number of benzene rings is 2. The van der Waals surface area contributed by atoms with E-state index in [9.17, 15) is 14.0 Å². The number of aromatic amines is 1. The third-order valence-electron chi connectivity index (χ3n) is 7.82. The van der Waals surface area contributed by atoms with Gasteiger partial charge in [-0.1, -0.05) is 18.2 Å². The van der Waals surface area contributed by atoms with E-state index in [-0.39, 0.29) is 23.5 Å². The standard InChI is InChI=1S/C27H28FN3O2/c28-20-9-10-24-22(13-20)23-16-30(12-11-25(23)29-24)26(32)18-7-5-17(6-8-18)14-31-15-19-3-1-2-4-21(19)27(31)33/h1-4,9-10,13,17-18,29H,5-8,11-12,14-16H2. The van der Waals surface area contributed by atoms with Crippen molar-refractivity contribution in [2.75, 3.05) is 13.1 Å². The molecule has 1 aromatic heterocycles. The highest BCUT2D eigenvalue weighted by molar-refractivity contribution is 5.98. The van der Waals surface area contributed by atoms with Gasteiger partial charge < -0.3 is 14.8 Å². The average Bonchev–Trinajstić information content (AvgIpc) is 3.36. The minimum Gasteiger partial charge on any atom is -0.358 e. The first-order valence-corrected chi connectivity index (χ1v) is 12.0. The van der Waals surface area contributed by atoms with Crippen LogP contribution in [0.5, 0.6) is 0 Å².